The minimum Gasteiger partial charge on any atom is -0.370 e. The van der Waals surface area contributed by atoms with Gasteiger partial charge in [0.2, 0.25) is 0 Å². The first-order valence-electron chi connectivity index (χ1n) is 6.23. The molecule has 0 bridgehead atoms. The summed E-state index contributed by atoms with van der Waals surface area (Å²) in [6.45, 7) is 8.00. The maximum Gasteiger partial charge on any atom is 0.188 e. The van der Waals surface area contributed by atoms with Crippen LogP contribution in [0.25, 0.3) is 0 Å². The van der Waals surface area contributed by atoms with Crippen LogP contribution >= 0.6 is 0 Å². The summed E-state index contributed by atoms with van der Waals surface area (Å²) in [5, 5.41) is 3.08. The monoisotopic (exact) mass is 233 g/mol. The summed E-state index contributed by atoms with van der Waals surface area (Å²) >= 11 is 0. The Morgan fingerprint density at radius 2 is 2.24 bits per heavy atom. The van der Waals surface area contributed by atoms with Gasteiger partial charge < -0.3 is 11.1 Å². The second-order valence-electron chi connectivity index (χ2n) is 4.47. The number of aryl methyl sites for hydroxylation is 1. The number of nitrogens with zero attached hydrogens (tertiary/aromatic N) is 1. The van der Waals surface area contributed by atoms with Crippen LogP contribution in [0.15, 0.2) is 29.3 Å². The molecular formula is C14H23N3. The van der Waals surface area contributed by atoms with Crippen molar-refractivity contribution in [3.05, 3.63) is 35.4 Å². The van der Waals surface area contributed by atoms with Crippen molar-refractivity contribution in [3.63, 3.8) is 0 Å². The largest absolute Gasteiger partial charge is 0.370 e. The maximum absolute atomic E-state index is 5.75. The lowest BCUT2D eigenvalue weighted by molar-refractivity contribution is 0.759. The molecule has 94 valence electrons. The first-order valence-corrected chi connectivity index (χ1v) is 6.23. The van der Waals surface area contributed by atoms with Gasteiger partial charge in [-0.1, -0.05) is 43.7 Å². The lowest BCUT2D eigenvalue weighted by Gasteiger charge is -2.11. The Kier molecular flexibility index (Phi) is 5.53. The first-order chi connectivity index (χ1) is 8.13. The van der Waals surface area contributed by atoms with Crippen LogP contribution in [0.3, 0.4) is 0 Å². The van der Waals surface area contributed by atoms with Gasteiger partial charge in [-0.3, -0.25) is 4.99 Å². The fourth-order valence-corrected chi connectivity index (χ4v) is 1.63. The highest BCUT2D eigenvalue weighted by molar-refractivity contribution is 5.77. The van der Waals surface area contributed by atoms with Crippen molar-refractivity contribution in [1.29, 1.82) is 0 Å². The molecule has 1 aromatic rings. The smallest absolute Gasteiger partial charge is 0.188 e. The molecule has 3 nitrogen and oxygen atoms in total. The Morgan fingerprint density at radius 1 is 1.47 bits per heavy atom. The van der Waals surface area contributed by atoms with Gasteiger partial charge in [0, 0.05) is 19.0 Å². The third-order valence-corrected chi connectivity index (χ3v) is 2.70. The molecule has 0 aliphatic heterocycles. The van der Waals surface area contributed by atoms with E-state index in [2.05, 4.69) is 55.3 Å². The molecule has 1 unspecified atom stereocenters. The van der Waals surface area contributed by atoms with Crippen LogP contribution in [0.1, 0.15) is 37.3 Å². The second kappa shape index (κ2) is 6.94. The van der Waals surface area contributed by atoms with E-state index in [0.29, 0.717) is 11.9 Å². The highest BCUT2D eigenvalue weighted by Gasteiger charge is 2.04. The van der Waals surface area contributed by atoms with Crippen LogP contribution < -0.4 is 11.1 Å². The van der Waals surface area contributed by atoms with Crippen molar-refractivity contribution >= 4 is 5.96 Å². The fourth-order valence-electron chi connectivity index (χ4n) is 1.63. The van der Waals surface area contributed by atoms with E-state index in [4.69, 9.17) is 5.73 Å². The van der Waals surface area contributed by atoms with E-state index in [1.54, 1.807) is 0 Å². The summed E-state index contributed by atoms with van der Waals surface area (Å²) in [5.41, 5.74) is 8.36. The van der Waals surface area contributed by atoms with E-state index in [-0.39, 0.29) is 0 Å². The quantitative estimate of drug-likeness (QED) is 0.606. The van der Waals surface area contributed by atoms with Crippen molar-refractivity contribution in [2.24, 2.45) is 10.7 Å². The molecule has 0 aliphatic rings. The highest BCUT2D eigenvalue weighted by Crippen LogP contribution is 2.16. The number of benzene rings is 1. The zero-order chi connectivity index (χ0) is 12.7. The number of hydrogen-bond acceptors (Lipinski definition) is 1. The number of guanidine groups is 1. The molecule has 0 heterocycles. The van der Waals surface area contributed by atoms with E-state index in [9.17, 15) is 0 Å². The number of hydrogen-bond donors (Lipinski definition) is 2. The van der Waals surface area contributed by atoms with Crippen molar-refractivity contribution in [1.82, 2.24) is 5.32 Å². The molecule has 0 aromatic heterocycles. The van der Waals surface area contributed by atoms with Gasteiger partial charge in [-0.25, -0.2) is 0 Å². The van der Waals surface area contributed by atoms with Crippen molar-refractivity contribution in [3.8, 4) is 0 Å². The minimum absolute atomic E-state index is 0.400. The molecule has 17 heavy (non-hydrogen) atoms. The molecule has 1 atom stereocenters. The third kappa shape index (κ3) is 4.89. The van der Waals surface area contributed by atoms with Crippen molar-refractivity contribution in [2.75, 3.05) is 13.1 Å². The predicted molar refractivity (Wildman–Crippen MR) is 74.4 cm³/mol. The van der Waals surface area contributed by atoms with E-state index in [1.165, 1.54) is 11.1 Å². The van der Waals surface area contributed by atoms with Gasteiger partial charge in [-0.05, 0) is 18.9 Å². The van der Waals surface area contributed by atoms with E-state index < -0.39 is 0 Å². The summed E-state index contributed by atoms with van der Waals surface area (Å²) in [4.78, 5) is 4.35. The highest BCUT2D eigenvalue weighted by atomic mass is 15.1. The van der Waals surface area contributed by atoms with Gasteiger partial charge in [-0.2, -0.15) is 0 Å². The molecule has 0 radical (unpaired) electrons. The topological polar surface area (TPSA) is 50.4 Å². The van der Waals surface area contributed by atoms with Gasteiger partial charge in [0.05, 0.1) is 0 Å². The Bertz CT molecular complexity index is 371. The molecule has 0 aliphatic carbocycles. The normalized spacial score (nSPS) is 13.5. The molecule has 1 rings (SSSR count). The molecule has 0 fully saturated rings. The molecule has 3 heteroatoms. The van der Waals surface area contributed by atoms with Gasteiger partial charge in [-0.15, -0.1) is 0 Å². The van der Waals surface area contributed by atoms with Gasteiger partial charge in [0.15, 0.2) is 5.96 Å². The molecule has 3 N–H and O–H groups in total. The standard InChI is InChI=1S/C14H23N3/c1-4-8-16-14(15)17-10-12(3)13-7-5-6-11(2)9-13/h5-7,9,12H,4,8,10H2,1-3H3,(H3,15,16,17). The number of nitrogens with one attached hydrogen (secondary N) is 1. The van der Waals surface area contributed by atoms with E-state index >= 15 is 0 Å². The summed E-state index contributed by atoms with van der Waals surface area (Å²) in [6, 6.07) is 8.54. The summed E-state index contributed by atoms with van der Waals surface area (Å²) < 4.78 is 0. The minimum atomic E-state index is 0.400. The molecular weight excluding hydrogens is 210 g/mol. The molecule has 0 saturated carbocycles. The zero-order valence-electron chi connectivity index (χ0n) is 11.0. The lowest BCUT2D eigenvalue weighted by atomic mass is 10.00. The summed E-state index contributed by atoms with van der Waals surface area (Å²) in [5.74, 6) is 0.947. The number of rotatable bonds is 5. The second-order valence-corrected chi connectivity index (χ2v) is 4.47. The Labute approximate surface area is 104 Å². The molecule has 1 aromatic carbocycles. The number of aliphatic imine (C=N–C) groups is 1. The van der Waals surface area contributed by atoms with Gasteiger partial charge in [0.25, 0.3) is 0 Å². The van der Waals surface area contributed by atoms with Crippen LogP contribution in [0, 0.1) is 6.92 Å². The first kappa shape index (κ1) is 13.6. The van der Waals surface area contributed by atoms with Crippen molar-refractivity contribution in [2.45, 2.75) is 33.1 Å². The SMILES string of the molecule is CCCNC(N)=NCC(C)c1cccc(C)c1. The lowest BCUT2D eigenvalue weighted by Crippen LogP contribution is -2.32. The summed E-state index contributed by atoms with van der Waals surface area (Å²) in [7, 11) is 0. The van der Waals surface area contributed by atoms with Gasteiger partial charge in [0.1, 0.15) is 0 Å². The van der Waals surface area contributed by atoms with Crippen LogP contribution in [-0.2, 0) is 0 Å². The van der Waals surface area contributed by atoms with Crippen LogP contribution in [0.2, 0.25) is 0 Å². The Morgan fingerprint density at radius 3 is 2.88 bits per heavy atom. The van der Waals surface area contributed by atoms with E-state index in [1.807, 2.05) is 0 Å². The maximum atomic E-state index is 5.75. The molecule has 0 spiro atoms. The van der Waals surface area contributed by atoms with Crippen molar-refractivity contribution < 1.29 is 0 Å². The van der Waals surface area contributed by atoms with Crippen LogP contribution in [0.5, 0.6) is 0 Å². The molecule has 0 amide bonds. The van der Waals surface area contributed by atoms with E-state index in [0.717, 1.165) is 19.5 Å². The summed E-state index contributed by atoms with van der Waals surface area (Å²) in [6.07, 6.45) is 1.06. The predicted octanol–water partition coefficient (Wildman–Crippen LogP) is 2.41. The Hall–Kier alpha value is -1.51. The third-order valence-electron chi connectivity index (χ3n) is 2.70. The molecule has 0 saturated heterocycles. The van der Waals surface area contributed by atoms with Gasteiger partial charge >= 0.3 is 0 Å². The van der Waals surface area contributed by atoms with Crippen LogP contribution in [-0.4, -0.2) is 19.0 Å². The van der Waals surface area contributed by atoms with Crippen LogP contribution in [0.4, 0.5) is 0 Å². The average Bonchev–Trinajstić information content (AvgIpc) is 2.33. The Balaban J connectivity index is 2.52. The average molecular weight is 233 g/mol. The fraction of sp³-hybridized carbons (Fsp3) is 0.500. The zero-order valence-corrected chi connectivity index (χ0v) is 11.0. The number of nitrogens with two attached hydrogens (primary N) is 1.